The molecule has 4 rings (SSSR count). The van der Waals surface area contributed by atoms with Gasteiger partial charge in [-0.25, -0.2) is 8.42 Å². The predicted octanol–water partition coefficient (Wildman–Crippen LogP) is 4.39. The number of sulfonamides is 1. The third-order valence-electron chi connectivity index (χ3n) is 5.32. The summed E-state index contributed by atoms with van der Waals surface area (Å²) in [5.74, 6) is 0. The van der Waals surface area contributed by atoms with E-state index >= 15 is 0 Å². The summed E-state index contributed by atoms with van der Waals surface area (Å²) in [7, 11) is -3.75. The normalized spacial score (nSPS) is 16.9. The zero-order valence-corrected chi connectivity index (χ0v) is 16.7. The van der Waals surface area contributed by atoms with E-state index in [1.807, 2.05) is 31.2 Å². The lowest BCUT2D eigenvalue weighted by atomic mass is 9.91. The summed E-state index contributed by atoms with van der Waals surface area (Å²) in [6.45, 7) is 2.17. The lowest BCUT2D eigenvalue weighted by molar-refractivity contribution is -0.384. The molecule has 0 unspecified atom stereocenters. The zero-order chi connectivity index (χ0) is 20.6. The fraction of sp³-hybridized carbons (Fsp3) is 0.182. The number of hydrogen-bond donors (Lipinski definition) is 0. The van der Waals surface area contributed by atoms with Crippen LogP contribution in [0.5, 0.6) is 0 Å². The highest BCUT2D eigenvalue weighted by Crippen LogP contribution is 2.37. The number of benzene rings is 3. The Balaban J connectivity index is 1.80. The number of fused-ring (bicyclic) bond motifs is 1. The summed E-state index contributed by atoms with van der Waals surface area (Å²) in [6.07, 6.45) is 0.513. The number of aryl methyl sites for hydroxylation is 1. The van der Waals surface area contributed by atoms with E-state index in [-0.39, 0.29) is 17.1 Å². The van der Waals surface area contributed by atoms with Crippen molar-refractivity contribution in [2.75, 3.05) is 0 Å². The second kappa shape index (κ2) is 7.42. The molecular weight excluding hydrogens is 388 g/mol. The molecule has 0 amide bonds. The van der Waals surface area contributed by atoms with Gasteiger partial charge in [0.1, 0.15) is 0 Å². The molecule has 1 aliphatic rings. The summed E-state index contributed by atoms with van der Waals surface area (Å²) in [5, 5.41) is 11.0. The number of nitrogens with zero attached hydrogens (tertiary/aromatic N) is 2. The predicted molar refractivity (Wildman–Crippen MR) is 110 cm³/mol. The van der Waals surface area contributed by atoms with E-state index in [1.165, 1.54) is 16.4 Å². The van der Waals surface area contributed by atoms with Gasteiger partial charge in [-0.2, -0.15) is 4.31 Å². The van der Waals surface area contributed by atoms with Crippen LogP contribution in [0.1, 0.15) is 28.3 Å². The molecule has 0 aliphatic carbocycles. The van der Waals surface area contributed by atoms with Crippen molar-refractivity contribution < 1.29 is 13.3 Å². The van der Waals surface area contributed by atoms with E-state index in [1.54, 1.807) is 36.4 Å². The highest BCUT2D eigenvalue weighted by Gasteiger charge is 2.36. The van der Waals surface area contributed by atoms with E-state index in [0.29, 0.717) is 6.42 Å². The minimum atomic E-state index is -3.75. The van der Waals surface area contributed by atoms with E-state index in [4.69, 9.17) is 0 Å². The van der Waals surface area contributed by atoms with Crippen molar-refractivity contribution in [2.45, 2.75) is 30.8 Å². The molecule has 0 radical (unpaired) electrons. The SMILES string of the molecule is Cc1ccc(S(=O)(=O)N2Cc3ccccc3C[C@@H]2c2ccc([N+](=O)[O-])cc2)cc1. The highest BCUT2D eigenvalue weighted by molar-refractivity contribution is 7.89. The molecule has 29 heavy (non-hydrogen) atoms. The Hall–Kier alpha value is -3.03. The minimum absolute atomic E-state index is 0.0158. The summed E-state index contributed by atoms with van der Waals surface area (Å²) < 4.78 is 28.5. The molecule has 0 spiro atoms. The molecule has 0 saturated heterocycles. The van der Waals surface area contributed by atoms with Crippen LogP contribution in [0.3, 0.4) is 0 Å². The van der Waals surface area contributed by atoms with Gasteiger partial charge in [-0.3, -0.25) is 10.1 Å². The van der Waals surface area contributed by atoms with Crippen LogP contribution in [-0.4, -0.2) is 17.6 Å². The van der Waals surface area contributed by atoms with Crippen LogP contribution in [0.4, 0.5) is 5.69 Å². The Morgan fingerprint density at radius 1 is 0.931 bits per heavy atom. The van der Waals surface area contributed by atoms with E-state index in [2.05, 4.69) is 0 Å². The molecule has 148 valence electrons. The fourth-order valence-corrected chi connectivity index (χ4v) is 5.29. The van der Waals surface area contributed by atoms with E-state index < -0.39 is 21.0 Å². The minimum Gasteiger partial charge on any atom is -0.258 e. The fourth-order valence-electron chi connectivity index (χ4n) is 3.70. The first-order chi connectivity index (χ1) is 13.9. The maximum absolute atomic E-state index is 13.5. The van der Waals surface area contributed by atoms with Gasteiger partial charge in [-0.1, -0.05) is 54.1 Å². The van der Waals surface area contributed by atoms with Crippen LogP contribution in [0.2, 0.25) is 0 Å². The van der Waals surface area contributed by atoms with Crippen LogP contribution in [-0.2, 0) is 23.0 Å². The zero-order valence-electron chi connectivity index (χ0n) is 15.9. The van der Waals surface area contributed by atoms with Crippen molar-refractivity contribution in [3.05, 3.63) is 105 Å². The Morgan fingerprint density at radius 3 is 2.17 bits per heavy atom. The molecule has 1 heterocycles. The molecule has 3 aromatic carbocycles. The Kier molecular flexibility index (Phi) is 4.94. The molecule has 0 saturated carbocycles. The highest BCUT2D eigenvalue weighted by atomic mass is 32.2. The second-order valence-corrected chi connectivity index (χ2v) is 9.09. The van der Waals surface area contributed by atoms with Crippen molar-refractivity contribution in [3.63, 3.8) is 0 Å². The molecule has 1 atom stereocenters. The van der Waals surface area contributed by atoms with Crippen LogP contribution in [0, 0.1) is 17.0 Å². The third-order valence-corrected chi connectivity index (χ3v) is 7.19. The lowest BCUT2D eigenvalue weighted by Gasteiger charge is -2.36. The van der Waals surface area contributed by atoms with Crippen LogP contribution in [0.15, 0.2) is 77.7 Å². The molecule has 6 nitrogen and oxygen atoms in total. The molecule has 7 heteroatoms. The largest absolute Gasteiger partial charge is 0.269 e. The van der Waals surface area contributed by atoms with Crippen molar-refractivity contribution in [1.29, 1.82) is 0 Å². The topological polar surface area (TPSA) is 80.5 Å². The van der Waals surface area contributed by atoms with Gasteiger partial charge in [0.2, 0.25) is 10.0 Å². The summed E-state index contributed by atoms with van der Waals surface area (Å²) >= 11 is 0. The molecule has 0 aromatic heterocycles. The van der Waals surface area contributed by atoms with Crippen LogP contribution >= 0.6 is 0 Å². The maximum Gasteiger partial charge on any atom is 0.269 e. The van der Waals surface area contributed by atoms with Crippen molar-refractivity contribution >= 4 is 15.7 Å². The number of hydrogen-bond acceptors (Lipinski definition) is 4. The Labute approximate surface area is 169 Å². The smallest absolute Gasteiger partial charge is 0.258 e. The number of nitro groups is 1. The van der Waals surface area contributed by atoms with Gasteiger partial charge >= 0.3 is 0 Å². The van der Waals surface area contributed by atoms with Crippen molar-refractivity contribution in [2.24, 2.45) is 0 Å². The summed E-state index contributed by atoms with van der Waals surface area (Å²) in [5.41, 5.74) is 3.77. The molecule has 1 aliphatic heterocycles. The molecule has 0 fully saturated rings. The molecule has 0 N–H and O–H groups in total. The summed E-state index contributed by atoms with van der Waals surface area (Å²) in [6, 6.07) is 20.3. The number of non-ortho nitro benzene ring substituents is 1. The Bertz CT molecular complexity index is 1160. The van der Waals surface area contributed by atoms with Gasteiger partial charge in [0.25, 0.3) is 5.69 Å². The first kappa shape index (κ1) is 19.3. The van der Waals surface area contributed by atoms with E-state index in [9.17, 15) is 18.5 Å². The van der Waals surface area contributed by atoms with Gasteiger partial charge in [-0.15, -0.1) is 0 Å². The number of rotatable bonds is 4. The van der Waals surface area contributed by atoms with Crippen molar-refractivity contribution in [1.82, 2.24) is 4.31 Å². The monoisotopic (exact) mass is 408 g/mol. The average molecular weight is 408 g/mol. The van der Waals surface area contributed by atoms with Gasteiger partial charge in [-0.05, 0) is 42.2 Å². The van der Waals surface area contributed by atoms with Crippen molar-refractivity contribution in [3.8, 4) is 0 Å². The molecular formula is C22H20N2O4S. The van der Waals surface area contributed by atoms with Gasteiger partial charge < -0.3 is 0 Å². The first-order valence-electron chi connectivity index (χ1n) is 9.26. The average Bonchev–Trinajstić information content (AvgIpc) is 2.73. The quantitative estimate of drug-likeness (QED) is 0.474. The lowest BCUT2D eigenvalue weighted by Crippen LogP contribution is -2.38. The molecule has 3 aromatic rings. The standard InChI is InChI=1S/C22H20N2O4S/c1-16-6-12-21(13-7-16)29(27,28)23-15-19-5-3-2-4-18(19)14-22(23)17-8-10-20(11-9-17)24(25)26/h2-13,22H,14-15H2,1H3/t22-/m1/s1. The second-order valence-electron chi connectivity index (χ2n) is 7.20. The Morgan fingerprint density at radius 2 is 1.55 bits per heavy atom. The van der Waals surface area contributed by atoms with Gasteiger partial charge in [0, 0.05) is 18.7 Å². The van der Waals surface area contributed by atoms with Crippen LogP contribution < -0.4 is 0 Å². The third kappa shape index (κ3) is 3.66. The number of nitro benzene ring substituents is 1. The van der Waals surface area contributed by atoms with Gasteiger partial charge in [0.15, 0.2) is 0 Å². The van der Waals surface area contributed by atoms with E-state index in [0.717, 1.165) is 22.3 Å². The van der Waals surface area contributed by atoms with Crippen LogP contribution in [0.25, 0.3) is 0 Å². The maximum atomic E-state index is 13.5. The van der Waals surface area contributed by atoms with Gasteiger partial charge in [0.05, 0.1) is 15.9 Å². The molecule has 0 bridgehead atoms. The first-order valence-corrected chi connectivity index (χ1v) is 10.7. The summed E-state index contributed by atoms with van der Waals surface area (Å²) in [4.78, 5) is 10.8.